The Kier molecular flexibility index (Phi) is 7.37. The average molecular weight is 254 g/mol. The van der Waals surface area contributed by atoms with Gasteiger partial charge in [0.2, 0.25) is 0 Å². The minimum absolute atomic E-state index is 0.147. The summed E-state index contributed by atoms with van der Waals surface area (Å²) in [5, 5.41) is 3.29. The summed E-state index contributed by atoms with van der Waals surface area (Å²) in [7, 11) is 1.69. The normalized spacial score (nSPS) is 10.6. The molecule has 4 heteroatoms. The van der Waals surface area contributed by atoms with Crippen LogP contribution >= 0.6 is 0 Å². The number of hydrogen-bond acceptors (Lipinski definition) is 3. The molecule has 0 saturated carbocycles. The van der Waals surface area contributed by atoms with Crippen molar-refractivity contribution >= 4 is 5.69 Å². The van der Waals surface area contributed by atoms with Crippen molar-refractivity contribution < 1.29 is 9.13 Å². The topological polar surface area (TPSA) is 24.5 Å². The SMILES string of the molecule is CCN(CCCNCCOC)c1ccccc1F. The van der Waals surface area contributed by atoms with Crippen LogP contribution in [0.5, 0.6) is 0 Å². The van der Waals surface area contributed by atoms with Gasteiger partial charge in [-0.1, -0.05) is 12.1 Å². The molecule has 0 spiro atoms. The number of methoxy groups -OCH3 is 1. The number of para-hydroxylation sites is 1. The van der Waals surface area contributed by atoms with E-state index < -0.39 is 0 Å². The maximum Gasteiger partial charge on any atom is 0.146 e. The molecule has 0 unspecified atom stereocenters. The van der Waals surface area contributed by atoms with Gasteiger partial charge >= 0.3 is 0 Å². The van der Waals surface area contributed by atoms with Crippen LogP contribution in [0.1, 0.15) is 13.3 Å². The van der Waals surface area contributed by atoms with E-state index in [9.17, 15) is 4.39 Å². The predicted molar refractivity (Wildman–Crippen MR) is 73.6 cm³/mol. The van der Waals surface area contributed by atoms with Gasteiger partial charge in [0, 0.05) is 26.7 Å². The summed E-state index contributed by atoms with van der Waals surface area (Å²) in [5.74, 6) is -0.147. The second-order valence-electron chi connectivity index (χ2n) is 4.13. The van der Waals surface area contributed by atoms with Crippen LogP contribution in [0.25, 0.3) is 0 Å². The molecule has 0 heterocycles. The van der Waals surface area contributed by atoms with E-state index in [0.717, 1.165) is 39.2 Å². The lowest BCUT2D eigenvalue weighted by atomic mass is 10.2. The lowest BCUT2D eigenvalue weighted by Crippen LogP contribution is -2.28. The molecule has 0 radical (unpaired) electrons. The zero-order valence-electron chi connectivity index (χ0n) is 11.3. The third-order valence-corrected chi connectivity index (χ3v) is 2.84. The van der Waals surface area contributed by atoms with Gasteiger partial charge in [-0.05, 0) is 32.0 Å². The number of halogens is 1. The first kappa shape index (κ1) is 14.9. The van der Waals surface area contributed by atoms with E-state index in [0.29, 0.717) is 5.69 Å². The Labute approximate surface area is 109 Å². The standard InChI is InChI=1S/C14H23FN2O/c1-3-17(11-6-9-16-10-12-18-2)14-8-5-4-7-13(14)15/h4-5,7-8,16H,3,6,9-12H2,1-2H3. The number of anilines is 1. The molecule has 18 heavy (non-hydrogen) atoms. The van der Waals surface area contributed by atoms with Gasteiger partial charge in [0.15, 0.2) is 0 Å². The van der Waals surface area contributed by atoms with Gasteiger partial charge in [-0.25, -0.2) is 4.39 Å². The van der Waals surface area contributed by atoms with Crippen LogP contribution in [0.3, 0.4) is 0 Å². The van der Waals surface area contributed by atoms with Crippen molar-refractivity contribution in [3.05, 3.63) is 30.1 Å². The minimum Gasteiger partial charge on any atom is -0.383 e. The first-order chi connectivity index (χ1) is 8.79. The smallest absolute Gasteiger partial charge is 0.146 e. The van der Waals surface area contributed by atoms with Crippen molar-refractivity contribution in [2.75, 3.05) is 44.8 Å². The van der Waals surface area contributed by atoms with Crippen molar-refractivity contribution in [1.29, 1.82) is 0 Å². The van der Waals surface area contributed by atoms with E-state index in [2.05, 4.69) is 10.2 Å². The molecular weight excluding hydrogens is 231 g/mol. The highest BCUT2D eigenvalue weighted by Gasteiger charge is 2.08. The molecule has 0 atom stereocenters. The van der Waals surface area contributed by atoms with Crippen molar-refractivity contribution in [3.8, 4) is 0 Å². The predicted octanol–water partition coefficient (Wildman–Crippen LogP) is 2.28. The van der Waals surface area contributed by atoms with E-state index in [1.165, 1.54) is 6.07 Å². The number of benzene rings is 1. The van der Waals surface area contributed by atoms with Gasteiger partial charge in [-0.15, -0.1) is 0 Å². The minimum atomic E-state index is -0.147. The Morgan fingerprint density at radius 1 is 1.28 bits per heavy atom. The maximum atomic E-state index is 13.6. The van der Waals surface area contributed by atoms with Gasteiger partial charge < -0.3 is 15.0 Å². The summed E-state index contributed by atoms with van der Waals surface area (Å²) >= 11 is 0. The number of hydrogen-bond donors (Lipinski definition) is 1. The molecule has 0 bridgehead atoms. The fraction of sp³-hybridized carbons (Fsp3) is 0.571. The van der Waals surface area contributed by atoms with Crippen LogP contribution in [0, 0.1) is 5.82 Å². The third kappa shape index (κ3) is 5.02. The summed E-state index contributed by atoms with van der Waals surface area (Å²) in [6, 6.07) is 6.93. The van der Waals surface area contributed by atoms with Crippen molar-refractivity contribution in [3.63, 3.8) is 0 Å². The number of ether oxygens (including phenoxy) is 1. The molecule has 1 aromatic rings. The Morgan fingerprint density at radius 2 is 2.06 bits per heavy atom. The molecule has 0 aliphatic carbocycles. The van der Waals surface area contributed by atoms with Crippen LogP contribution in [0.4, 0.5) is 10.1 Å². The molecule has 3 nitrogen and oxygen atoms in total. The Morgan fingerprint density at radius 3 is 2.72 bits per heavy atom. The largest absolute Gasteiger partial charge is 0.383 e. The Balaban J connectivity index is 2.32. The first-order valence-corrected chi connectivity index (χ1v) is 6.48. The van der Waals surface area contributed by atoms with Crippen LogP contribution in [-0.2, 0) is 4.74 Å². The molecule has 0 aromatic heterocycles. The van der Waals surface area contributed by atoms with Gasteiger partial charge in [-0.3, -0.25) is 0 Å². The van der Waals surface area contributed by atoms with Crippen LogP contribution in [-0.4, -0.2) is 39.9 Å². The van der Waals surface area contributed by atoms with E-state index in [-0.39, 0.29) is 5.82 Å². The van der Waals surface area contributed by atoms with E-state index in [1.54, 1.807) is 13.2 Å². The molecule has 0 aliphatic heterocycles. The van der Waals surface area contributed by atoms with Gasteiger partial charge in [0.1, 0.15) is 5.82 Å². The van der Waals surface area contributed by atoms with Gasteiger partial charge in [-0.2, -0.15) is 0 Å². The Hall–Kier alpha value is -1.13. The molecule has 0 saturated heterocycles. The summed E-state index contributed by atoms with van der Waals surface area (Å²) in [6.07, 6.45) is 0.992. The summed E-state index contributed by atoms with van der Waals surface area (Å²) in [4.78, 5) is 2.06. The number of rotatable bonds is 9. The zero-order chi connectivity index (χ0) is 13.2. The summed E-state index contributed by atoms with van der Waals surface area (Å²) in [6.45, 7) is 6.24. The molecule has 1 N–H and O–H groups in total. The van der Waals surface area contributed by atoms with Gasteiger partial charge in [0.05, 0.1) is 12.3 Å². The second kappa shape index (κ2) is 8.89. The van der Waals surface area contributed by atoms with Crippen molar-refractivity contribution in [2.45, 2.75) is 13.3 Å². The van der Waals surface area contributed by atoms with Crippen molar-refractivity contribution in [1.82, 2.24) is 5.32 Å². The molecular formula is C14H23FN2O. The Bertz CT molecular complexity index is 333. The van der Waals surface area contributed by atoms with E-state index in [4.69, 9.17) is 4.74 Å². The highest BCUT2D eigenvalue weighted by molar-refractivity contribution is 5.47. The number of nitrogens with one attached hydrogen (secondary N) is 1. The molecule has 0 amide bonds. The molecule has 102 valence electrons. The van der Waals surface area contributed by atoms with Gasteiger partial charge in [0.25, 0.3) is 0 Å². The first-order valence-electron chi connectivity index (χ1n) is 6.48. The fourth-order valence-electron chi connectivity index (χ4n) is 1.85. The second-order valence-corrected chi connectivity index (χ2v) is 4.13. The zero-order valence-corrected chi connectivity index (χ0v) is 11.3. The highest BCUT2D eigenvalue weighted by Crippen LogP contribution is 2.18. The summed E-state index contributed by atoms with van der Waals surface area (Å²) < 4.78 is 18.6. The third-order valence-electron chi connectivity index (χ3n) is 2.84. The van der Waals surface area contributed by atoms with Crippen LogP contribution in [0.2, 0.25) is 0 Å². The summed E-state index contributed by atoms with van der Waals surface area (Å²) in [5.41, 5.74) is 0.692. The highest BCUT2D eigenvalue weighted by atomic mass is 19.1. The molecule has 0 fully saturated rings. The molecule has 0 aliphatic rings. The van der Waals surface area contributed by atoms with Crippen LogP contribution < -0.4 is 10.2 Å². The number of nitrogens with zero attached hydrogens (tertiary/aromatic N) is 1. The lowest BCUT2D eigenvalue weighted by Gasteiger charge is -2.23. The molecule has 1 rings (SSSR count). The van der Waals surface area contributed by atoms with E-state index >= 15 is 0 Å². The lowest BCUT2D eigenvalue weighted by molar-refractivity contribution is 0.199. The quantitative estimate of drug-likeness (QED) is 0.684. The molecule has 1 aromatic carbocycles. The monoisotopic (exact) mass is 254 g/mol. The van der Waals surface area contributed by atoms with E-state index in [1.807, 2.05) is 19.1 Å². The van der Waals surface area contributed by atoms with Crippen LogP contribution in [0.15, 0.2) is 24.3 Å². The van der Waals surface area contributed by atoms with Crippen molar-refractivity contribution in [2.24, 2.45) is 0 Å². The fourth-order valence-corrected chi connectivity index (χ4v) is 1.85. The maximum absolute atomic E-state index is 13.6. The average Bonchev–Trinajstić information content (AvgIpc) is 2.39.